The first-order chi connectivity index (χ1) is 9.26. The molecule has 0 amide bonds. The van der Waals surface area contributed by atoms with Gasteiger partial charge >= 0.3 is 0 Å². The van der Waals surface area contributed by atoms with Crippen molar-refractivity contribution in [3.05, 3.63) is 36.0 Å². The molecule has 1 N–H and O–H groups in total. The highest BCUT2D eigenvalue weighted by molar-refractivity contribution is 6.24. The fourth-order valence-corrected chi connectivity index (χ4v) is 2.23. The van der Waals surface area contributed by atoms with E-state index >= 15 is 0 Å². The molecule has 2 aliphatic heterocycles. The molecule has 2 aromatic rings. The van der Waals surface area contributed by atoms with E-state index in [1.54, 1.807) is 0 Å². The Balaban J connectivity index is 1.93. The fourth-order valence-electron chi connectivity index (χ4n) is 2.23. The standard InChI is InChI=1S/C13H8FN5/c14-13-6-15-7-17-12(13)18-11(19-13)9-2-1-3-10-8(9)4-5-16-10/h1-7,16H. The molecule has 1 unspecified atom stereocenters. The number of aromatic amines is 1. The highest BCUT2D eigenvalue weighted by atomic mass is 19.1. The second kappa shape index (κ2) is 3.44. The topological polar surface area (TPSA) is 65.2 Å². The third-order valence-corrected chi connectivity index (χ3v) is 3.12. The second-order valence-electron chi connectivity index (χ2n) is 4.31. The summed E-state index contributed by atoms with van der Waals surface area (Å²) in [5, 5.41) is 0.953. The predicted molar refractivity (Wildman–Crippen MR) is 73.1 cm³/mol. The number of rotatable bonds is 1. The normalized spacial score (nSPS) is 24.5. The van der Waals surface area contributed by atoms with Gasteiger partial charge in [-0.25, -0.2) is 24.4 Å². The quantitative estimate of drug-likeness (QED) is 0.756. The lowest BCUT2D eigenvalue weighted by atomic mass is 10.1. The van der Waals surface area contributed by atoms with Gasteiger partial charge in [-0.2, -0.15) is 0 Å². The van der Waals surface area contributed by atoms with Gasteiger partial charge in [-0.05, 0) is 12.1 Å². The largest absolute Gasteiger partial charge is 0.361 e. The summed E-state index contributed by atoms with van der Waals surface area (Å²) in [6, 6.07) is 7.60. The van der Waals surface area contributed by atoms with Crippen LogP contribution in [0.3, 0.4) is 0 Å². The number of alkyl halides is 1. The van der Waals surface area contributed by atoms with Crippen LogP contribution in [0.4, 0.5) is 4.39 Å². The number of nitrogens with zero attached hydrogens (tertiary/aromatic N) is 4. The van der Waals surface area contributed by atoms with Crippen LogP contribution in [-0.2, 0) is 0 Å². The smallest absolute Gasteiger partial charge is 0.297 e. The van der Waals surface area contributed by atoms with Gasteiger partial charge in [0, 0.05) is 22.7 Å². The summed E-state index contributed by atoms with van der Waals surface area (Å²) in [6.45, 7) is 0. The van der Waals surface area contributed by atoms with Crippen molar-refractivity contribution in [2.24, 2.45) is 20.0 Å². The van der Waals surface area contributed by atoms with Gasteiger partial charge in [0.25, 0.3) is 5.79 Å². The molecule has 0 radical (unpaired) electrons. The van der Waals surface area contributed by atoms with Gasteiger partial charge < -0.3 is 4.98 Å². The predicted octanol–water partition coefficient (Wildman–Crippen LogP) is 2.11. The Morgan fingerprint density at radius 2 is 2.16 bits per heavy atom. The first-order valence-electron chi connectivity index (χ1n) is 5.77. The van der Waals surface area contributed by atoms with E-state index in [0.29, 0.717) is 5.84 Å². The lowest BCUT2D eigenvalue weighted by molar-refractivity contribution is 0.374. The highest BCUT2D eigenvalue weighted by Gasteiger charge is 2.41. The van der Waals surface area contributed by atoms with E-state index in [1.807, 2.05) is 30.5 Å². The van der Waals surface area contributed by atoms with Gasteiger partial charge in [-0.15, -0.1) is 0 Å². The van der Waals surface area contributed by atoms with Crippen molar-refractivity contribution in [1.29, 1.82) is 0 Å². The van der Waals surface area contributed by atoms with Crippen LogP contribution in [0, 0.1) is 0 Å². The molecule has 0 saturated heterocycles. The molecule has 1 aromatic heterocycles. The van der Waals surface area contributed by atoms with Crippen LogP contribution in [0.5, 0.6) is 0 Å². The summed E-state index contributed by atoms with van der Waals surface area (Å²) in [5.74, 6) is -1.65. The molecule has 6 heteroatoms. The summed E-state index contributed by atoms with van der Waals surface area (Å²) in [5.41, 5.74) is 1.74. The van der Waals surface area contributed by atoms with E-state index in [1.165, 1.54) is 6.34 Å². The second-order valence-corrected chi connectivity index (χ2v) is 4.31. The van der Waals surface area contributed by atoms with Crippen LogP contribution >= 0.6 is 0 Å². The van der Waals surface area contributed by atoms with E-state index in [2.05, 4.69) is 25.0 Å². The van der Waals surface area contributed by atoms with E-state index in [4.69, 9.17) is 0 Å². The number of halogens is 1. The molecular weight excluding hydrogens is 245 g/mol. The maximum absolute atomic E-state index is 14.4. The van der Waals surface area contributed by atoms with E-state index in [0.717, 1.165) is 22.7 Å². The maximum Gasteiger partial charge on any atom is 0.297 e. The molecule has 0 spiro atoms. The number of benzene rings is 1. The molecule has 92 valence electrons. The molecule has 3 heterocycles. The number of hydrogen-bond donors (Lipinski definition) is 1. The Hall–Kier alpha value is -2.63. The monoisotopic (exact) mass is 253 g/mol. The Kier molecular flexibility index (Phi) is 1.87. The number of hydrogen-bond acceptors (Lipinski definition) is 4. The number of amidine groups is 2. The zero-order valence-corrected chi connectivity index (χ0v) is 9.71. The molecule has 19 heavy (non-hydrogen) atoms. The van der Waals surface area contributed by atoms with Crippen molar-refractivity contribution >= 4 is 35.1 Å². The fraction of sp³-hybridized carbons (Fsp3) is 0.0769. The van der Waals surface area contributed by atoms with Crippen molar-refractivity contribution in [2.75, 3.05) is 0 Å². The Morgan fingerprint density at radius 3 is 3.05 bits per heavy atom. The van der Waals surface area contributed by atoms with Crippen molar-refractivity contribution < 1.29 is 4.39 Å². The van der Waals surface area contributed by atoms with Crippen molar-refractivity contribution in [1.82, 2.24) is 4.98 Å². The number of fused-ring (bicyclic) bond motifs is 2. The van der Waals surface area contributed by atoms with E-state index < -0.39 is 5.79 Å². The van der Waals surface area contributed by atoms with Gasteiger partial charge in [0.1, 0.15) is 6.34 Å². The van der Waals surface area contributed by atoms with Crippen molar-refractivity contribution in [3.63, 3.8) is 0 Å². The number of nitrogens with one attached hydrogen (secondary N) is 1. The highest BCUT2D eigenvalue weighted by Crippen LogP contribution is 2.27. The molecule has 2 aliphatic rings. The van der Waals surface area contributed by atoms with Crippen molar-refractivity contribution in [3.8, 4) is 0 Å². The molecule has 1 aromatic carbocycles. The van der Waals surface area contributed by atoms with Gasteiger partial charge in [-0.1, -0.05) is 12.1 Å². The number of aromatic nitrogens is 1. The maximum atomic E-state index is 14.4. The minimum atomic E-state index is -2.03. The van der Waals surface area contributed by atoms with Gasteiger partial charge in [0.05, 0.1) is 6.21 Å². The minimum Gasteiger partial charge on any atom is -0.361 e. The summed E-state index contributed by atoms with van der Waals surface area (Å²) >= 11 is 0. The molecule has 0 saturated carbocycles. The average Bonchev–Trinajstić information content (AvgIpc) is 3.00. The van der Waals surface area contributed by atoms with Gasteiger partial charge in [0.15, 0.2) is 11.7 Å². The first kappa shape index (κ1) is 10.3. The average molecular weight is 253 g/mol. The molecular formula is C13H8FN5. The summed E-state index contributed by atoms with van der Waals surface area (Å²) < 4.78 is 14.4. The van der Waals surface area contributed by atoms with Crippen molar-refractivity contribution in [2.45, 2.75) is 5.79 Å². The Bertz CT molecular complexity index is 798. The van der Waals surface area contributed by atoms with Gasteiger partial charge in [-0.3, -0.25) is 0 Å². The lowest BCUT2D eigenvalue weighted by Gasteiger charge is -2.11. The Morgan fingerprint density at radius 1 is 1.21 bits per heavy atom. The summed E-state index contributed by atoms with van der Waals surface area (Å²) in [4.78, 5) is 18.8. The third kappa shape index (κ3) is 1.40. The van der Waals surface area contributed by atoms with Crippen LogP contribution in [-0.4, -0.2) is 35.0 Å². The SMILES string of the molecule is FC12C=NC=NC1=NC(c1cccc3[nH]ccc13)=N2. The van der Waals surface area contributed by atoms with Crippen LogP contribution in [0.1, 0.15) is 5.56 Å². The number of H-pyrrole nitrogens is 1. The number of aliphatic imine (C=N–C) groups is 4. The molecule has 0 bridgehead atoms. The molecule has 4 rings (SSSR count). The first-order valence-corrected chi connectivity index (χ1v) is 5.77. The lowest BCUT2D eigenvalue weighted by Crippen LogP contribution is -2.31. The van der Waals surface area contributed by atoms with E-state index in [-0.39, 0.29) is 5.84 Å². The molecule has 0 fully saturated rings. The van der Waals surface area contributed by atoms with E-state index in [9.17, 15) is 4.39 Å². The molecule has 1 atom stereocenters. The summed E-state index contributed by atoms with van der Waals surface area (Å²) in [6.07, 6.45) is 4.21. The van der Waals surface area contributed by atoms with Crippen LogP contribution in [0.15, 0.2) is 50.4 Å². The third-order valence-electron chi connectivity index (χ3n) is 3.12. The van der Waals surface area contributed by atoms with Crippen LogP contribution in [0.25, 0.3) is 10.9 Å². The van der Waals surface area contributed by atoms with Crippen LogP contribution in [0.2, 0.25) is 0 Å². The zero-order valence-electron chi connectivity index (χ0n) is 9.71. The summed E-state index contributed by atoms with van der Waals surface area (Å²) in [7, 11) is 0. The van der Waals surface area contributed by atoms with Crippen LogP contribution < -0.4 is 0 Å². The Labute approximate surface area is 107 Å². The minimum absolute atomic E-state index is 0.0324. The molecule has 5 nitrogen and oxygen atoms in total. The van der Waals surface area contributed by atoms with Gasteiger partial charge in [0.2, 0.25) is 0 Å². The molecule has 0 aliphatic carbocycles. The zero-order chi connectivity index (χ0) is 12.9.